The molecule has 0 aromatic carbocycles. The molecule has 0 aliphatic carbocycles. The molecule has 0 aliphatic rings. The highest BCUT2D eigenvalue weighted by Gasteiger charge is 2.30. The standard InChI is InChI=1S/C4H8N2O4/c1-4(10,2(7)8)6-3(5)9/h10H,1H3,(H,7,8)(H3,5,6,9). The van der Waals surface area contributed by atoms with E-state index in [1.54, 1.807) is 5.32 Å². The SMILES string of the molecule is CC(O)(NC(N)=O)C(=O)O. The zero-order valence-electron chi connectivity index (χ0n) is 5.29. The topological polar surface area (TPSA) is 113 Å². The number of carbonyl (C=O) groups is 2. The van der Waals surface area contributed by atoms with Gasteiger partial charge in [-0.1, -0.05) is 0 Å². The van der Waals surface area contributed by atoms with E-state index in [-0.39, 0.29) is 0 Å². The molecule has 0 aromatic heterocycles. The summed E-state index contributed by atoms with van der Waals surface area (Å²) in [5, 5.41) is 18.5. The number of carboxylic acid groups (broad SMARTS) is 1. The van der Waals surface area contributed by atoms with Crippen molar-refractivity contribution < 1.29 is 19.8 Å². The van der Waals surface area contributed by atoms with E-state index >= 15 is 0 Å². The molecule has 0 bridgehead atoms. The minimum Gasteiger partial charge on any atom is -0.478 e. The first kappa shape index (κ1) is 8.70. The number of nitrogens with two attached hydrogens (primary N) is 1. The van der Waals surface area contributed by atoms with Crippen molar-refractivity contribution in [2.75, 3.05) is 0 Å². The van der Waals surface area contributed by atoms with Crippen LogP contribution in [0.2, 0.25) is 0 Å². The van der Waals surface area contributed by atoms with Gasteiger partial charge < -0.3 is 21.3 Å². The predicted octanol–water partition coefficient (Wildman–Crippen LogP) is -1.55. The molecule has 10 heavy (non-hydrogen) atoms. The Bertz CT molecular complexity index is 165. The van der Waals surface area contributed by atoms with Gasteiger partial charge in [-0.15, -0.1) is 0 Å². The van der Waals surface area contributed by atoms with Crippen LogP contribution in [-0.2, 0) is 4.79 Å². The number of aliphatic carboxylic acids is 1. The van der Waals surface area contributed by atoms with Crippen molar-refractivity contribution in [2.24, 2.45) is 5.73 Å². The van der Waals surface area contributed by atoms with Crippen LogP contribution in [0.3, 0.4) is 0 Å². The number of rotatable bonds is 2. The molecule has 58 valence electrons. The lowest BCUT2D eigenvalue weighted by molar-refractivity contribution is -0.158. The highest BCUT2D eigenvalue weighted by Crippen LogP contribution is 1.95. The number of carbonyl (C=O) groups excluding carboxylic acids is 1. The van der Waals surface area contributed by atoms with Gasteiger partial charge in [0.25, 0.3) is 0 Å². The summed E-state index contributed by atoms with van der Waals surface area (Å²) in [5.41, 5.74) is 2.26. The van der Waals surface area contributed by atoms with Gasteiger partial charge in [0, 0.05) is 0 Å². The lowest BCUT2D eigenvalue weighted by Crippen LogP contribution is -2.53. The Morgan fingerprint density at radius 3 is 2.10 bits per heavy atom. The minimum atomic E-state index is -2.29. The number of amides is 2. The Labute approximate surface area is 56.6 Å². The van der Waals surface area contributed by atoms with E-state index in [9.17, 15) is 9.59 Å². The molecule has 0 rings (SSSR count). The van der Waals surface area contributed by atoms with Crippen LogP contribution in [0, 0.1) is 0 Å². The summed E-state index contributed by atoms with van der Waals surface area (Å²) in [7, 11) is 0. The average molecular weight is 148 g/mol. The molecule has 0 radical (unpaired) electrons. The average Bonchev–Trinajstić information content (AvgIpc) is 1.60. The van der Waals surface area contributed by atoms with E-state index in [2.05, 4.69) is 5.73 Å². The number of urea groups is 1. The molecule has 0 heterocycles. The smallest absolute Gasteiger partial charge is 0.356 e. The first-order chi connectivity index (χ1) is 4.36. The van der Waals surface area contributed by atoms with Crippen LogP contribution in [-0.4, -0.2) is 27.9 Å². The fourth-order valence-corrected chi connectivity index (χ4v) is 0.293. The molecular formula is C4H8N2O4. The molecule has 6 heteroatoms. The van der Waals surface area contributed by atoms with Crippen molar-refractivity contribution in [3.8, 4) is 0 Å². The van der Waals surface area contributed by atoms with Crippen LogP contribution in [0.5, 0.6) is 0 Å². The third-order valence-corrected chi connectivity index (χ3v) is 0.783. The Hall–Kier alpha value is -1.30. The van der Waals surface area contributed by atoms with Crippen molar-refractivity contribution in [1.29, 1.82) is 0 Å². The number of hydrogen-bond acceptors (Lipinski definition) is 3. The third kappa shape index (κ3) is 2.31. The maximum absolute atomic E-state index is 10.0. The zero-order valence-corrected chi connectivity index (χ0v) is 5.29. The summed E-state index contributed by atoms with van der Waals surface area (Å²) in [4.78, 5) is 20.0. The fraction of sp³-hybridized carbons (Fsp3) is 0.500. The summed E-state index contributed by atoms with van der Waals surface area (Å²) in [6, 6.07) is -1.09. The first-order valence-electron chi connectivity index (χ1n) is 2.39. The molecule has 1 unspecified atom stereocenters. The van der Waals surface area contributed by atoms with Gasteiger partial charge in [-0.25, -0.2) is 9.59 Å². The van der Waals surface area contributed by atoms with Gasteiger partial charge in [-0.05, 0) is 6.92 Å². The number of aliphatic hydroxyl groups is 1. The molecular weight excluding hydrogens is 140 g/mol. The summed E-state index contributed by atoms with van der Waals surface area (Å²) < 4.78 is 0. The van der Waals surface area contributed by atoms with E-state index in [4.69, 9.17) is 10.2 Å². The van der Waals surface area contributed by atoms with E-state index in [0.29, 0.717) is 0 Å². The highest BCUT2D eigenvalue weighted by atomic mass is 16.4. The second-order valence-electron chi connectivity index (χ2n) is 1.87. The molecule has 0 aliphatic heterocycles. The van der Waals surface area contributed by atoms with E-state index in [1.807, 2.05) is 0 Å². The maximum atomic E-state index is 10.0. The minimum absolute atomic E-state index is 0.903. The van der Waals surface area contributed by atoms with E-state index in [0.717, 1.165) is 6.92 Å². The van der Waals surface area contributed by atoms with Crippen molar-refractivity contribution in [1.82, 2.24) is 5.32 Å². The molecule has 5 N–H and O–H groups in total. The van der Waals surface area contributed by atoms with Crippen LogP contribution in [0.15, 0.2) is 0 Å². The third-order valence-electron chi connectivity index (χ3n) is 0.783. The van der Waals surface area contributed by atoms with Crippen molar-refractivity contribution in [3.63, 3.8) is 0 Å². The van der Waals surface area contributed by atoms with Gasteiger partial charge in [0.15, 0.2) is 0 Å². The first-order valence-corrected chi connectivity index (χ1v) is 2.39. The molecule has 0 saturated heterocycles. The van der Waals surface area contributed by atoms with Gasteiger partial charge in [0.2, 0.25) is 5.72 Å². The van der Waals surface area contributed by atoms with Gasteiger partial charge in [0.1, 0.15) is 0 Å². The summed E-state index contributed by atoms with van der Waals surface area (Å²) in [5.74, 6) is -1.56. The van der Waals surface area contributed by atoms with Crippen molar-refractivity contribution in [3.05, 3.63) is 0 Å². The van der Waals surface area contributed by atoms with Gasteiger partial charge in [0.05, 0.1) is 0 Å². The quantitative estimate of drug-likeness (QED) is 0.355. The van der Waals surface area contributed by atoms with Gasteiger partial charge in [-0.2, -0.15) is 0 Å². The summed E-state index contributed by atoms with van der Waals surface area (Å²) >= 11 is 0. The monoisotopic (exact) mass is 148 g/mol. The van der Waals surface area contributed by atoms with Crippen molar-refractivity contribution >= 4 is 12.0 Å². The second-order valence-corrected chi connectivity index (χ2v) is 1.87. The number of nitrogens with one attached hydrogen (secondary N) is 1. The molecule has 1 atom stereocenters. The normalized spacial score (nSPS) is 15.4. The van der Waals surface area contributed by atoms with E-state index in [1.165, 1.54) is 0 Å². The summed E-state index contributed by atoms with van der Waals surface area (Å²) in [6.07, 6.45) is 0. The van der Waals surface area contributed by atoms with Gasteiger partial charge >= 0.3 is 12.0 Å². The molecule has 0 aromatic rings. The Morgan fingerprint density at radius 2 is 2.00 bits per heavy atom. The van der Waals surface area contributed by atoms with E-state index < -0.39 is 17.7 Å². The predicted molar refractivity (Wildman–Crippen MR) is 31.0 cm³/mol. The van der Waals surface area contributed by atoms with Crippen LogP contribution in [0.25, 0.3) is 0 Å². The molecule has 0 saturated carbocycles. The van der Waals surface area contributed by atoms with Crippen LogP contribution in [0.1, 0.15) is 6.92 Å². The Morgan fingerprint density at radius 1 is 1.60 bits per heavy atom. The second kappa shape index (κ2) is 2.53. The summed E-state index contributed by atoms with van der Waals surface area (Å²) in [6.45, 7) is 0.903. The number of carboxylic acids is 1. The largest absolute Gasteiger partial charge is 0.478 e. The van der Waals surface area contributed by atoms with Crippen LogP contribution in [0.4, 0.5) is 4.79 Å². The molecule has 0 fully saturated rings. The van der Waals surface area contributed by atoms with Gasteiger partial charge in [-0.3, -0.25) is 0 Å². The van der Waals surface area contributed by atoms with Crippen molar-refractivity contribution in [2.45, 2.75) is 12.6 Å². The fourth-order valence-electron chi connectivity index (χ4n) is 0.293. The Kier molecular flexibility index (Phi) is 2.20. The molecule has 2 amide bonds. The lowest BCUT2D eigenvalue weighted by atomic mass is 10.3. The molecule has 0 spiro atoms. The van der Waals surface area contributed by atoms with Crippen LogP contribution >= 0.6 is 0 Å². The number of primary amides is 1. The number of hydrogen-bond donors (Lipinski definition) is 4. The Balaban J connectivity index is 4.13. The highest BCUT2D eigenvalue weighted by molar-refractivity contribution is 5.83. The zero-order chi connectivity index (χ0) is 8.36. The molecule has 6 nitrogen and oxygen atoms in total. The lowest BCUT2D eigenvalue weighted by Gasteiger charge is -2.17. The maximum Gasteiger partial charge on any atom is 0.356 e. The van der Waals surface area contributed by atoms with Crippen LogP contribution < -0.4 is 11.1 Å².